The number of hydrogen-bond donors (Lipinski definition) is 1. The summed E-state index contributed by atoms with van der Waals surface area (Å²) < 4.78 is 1.53. The molecule has 0 aliphatic carbocycles. The van der Waals surface area contributed by atoms with Crippen LogP contribution in [-0.2, 0) is 0 Å². The molecule has 3 rings (SSSR count). The summed E-state index contributed by atoms with van der Waals surface area (Å²) in [6.45, 7) is 0. The maximum atomic E-state index is 5.48. The Morgan fingerprint density at radius 2 is 1.84 bits per heavy atom. The molecule has 0 fully saturated rings. The summed E-state index contributed by atoms with van der Waals surface area (Å²) in [7, 11) is 0. The lowest BCUT2D eigenvalue weighted by atomic mass is 10.3. The van der Waals surface area contributed by atoms with Crippen LogP contribution in [0.15, 0.2) is 35.4 Å². The first-order chi connectivity index (χ1) is 9.34. The van der Waals surface area contributed by atoms with E-state index in [1.54, 1.807) is 0 Å². The summed E-state index contributed by atoms with van der Waals surface area (Å²) in [6.07, 6.45) is 1.42. The lowest BCUT2D eigenvalue weighted by molar-refractivity contribution is 0.698. The lowest BCUT2D eigenvalue weighted by Gasteiger charge is -1.99. The Balaban J connectivity index is 1.93. The normalized spacial score (nSPS) is 11.2. The van der Waals surface area contributed by atoms with Crippen molar-refractivity contribution in [3.05, 3.63) is 36.2 Å². The van der Waals surface area contributed by atoms with E-state index in [4.69, 9.17) is 5.73 Å². The van der Waals surface area contributed by atoms with Crippen LogP contribution in [0.2, 0.25) is 0 Å². The van der Waals surface area contributed by atoms with Gasteiger partial charge in [-0.3, -0.25) is 0 Å². The first kappa shape index (κ1) is 11.0. The quantitative estimate of drug-likeness (QED) is 0.602. The van der Waals surface area contributed by atoms with E-state index in [-0.39, 0.29) is 5.95 Å². The van der Waals surface area contributed by atoms with Gasteiger partial charge in [-0.15, -0.1) is 10.2 Å². The van der Waals surface area contributed by atoms with Crippen molar-refractivity contribution >= 4 is 12.2 Å². The average molecular weight is 256 g/mol. The molecular weight excluding hydrogens is 248 g/mol. The van der Waals surface area contributed by atoms with Crippen LogP contribution in [0.25, 0.3) is 5.69 Å². The molecule has 10 heteroatoms. The Morgan fingerprint density at radius 1 is 1.05 bits per heavy atom. The highest BCUT2D eigenvalue weighted by Crippen LogP contribution is 2.05. The molecule has 1 aromatic carbocycles. The van der Waals surface area contributed by atoms with Gasteiger partial charge in [0, 0.05) is 0 Å². The molecule has 0 unspecified atom stereocenters. The van der Waals surface area contributed by atoms with Gasteiger partial charge in [0.15, 0.2) is 5.82 Å². The van der Waals surface area contributed by atoms with Crippen molar-refractivity contribution in [3.8, 4) is 5.69 Å². The van der Waals surface area contributed by atoms with Gasteiger partial charge in [-0.05, 0) is 33.0 Å². The van der Waals surface area contributed by atoms with Gasteiger partial charge in [0.2, 0.25) is 0 Å². The summed E-state index contributed by atoms with van der Waals surface area (Å²) in [5.74, 6) is 0.510. The number of benzene rings is 1. The number of tetrazole rings is 2. The number of hydrogen-bond acceptors (Lipinski definition) is 8. The maximum Gasteiger partial charge on any atom is 0.263 e. The first-order valence-electron chi connectivity index (χ1n) is 5.26. The molecule has 0 aliphatic heterocycles. The molecule has 10 nitrogen and oxygen atoms in total. The third-order valence-corrected chi connectivity index (χ3v) is 2.25. The van der Waals surface area contributed by atoms with Crippen molar-refractivity contribution in [1.29, 1.82) is 0 Å². The minimum absolute atomic E-state index is 0.0787. The van der Waals surface area contributed by atoms with Crippen molar-refractivity contribution in [3.63, 3.8) is 0 Å². The Kier molecular flexibility index (Phi) is 2.65. The molecule has 0 aliphatic rings. The van der Waals surface area contributed by atoms with E-state index >= 15 is 0 Å². The molecule has 0 atom stereocenters. The van der Waals surface area contributed by atoms with Crippen molar-refractivity contribution < 1.29 is 0 Å². The van der Waals surface area contributed by atoms with Crippen LogP contribution < -0.4 is 5.73 Å². The summed E-state index contributed by atoms with van der Waals surface area (Å²) in [6, 6.07) is 9.43. The van der Waals surface area contributed by atoms with Gasteiger partial charge >= 0.3 is 0 Å². The first-order valence-corrected chi connectivity index (χ1v) is 5.26. The van der Waals surface area contributed by atoms with Gasteiger partial charge < -0.3 is 5.73 Å². The Hall–Kier alpha value is -3.17. The zero-order valence-corrected chi connectivity index (χ0v) is 9.57. The van der Waals surface area contributed by atoms with Crippen molar-refractivity contribution in [2.45, 2.75) is 0 Å². The predicted octanol–water partition coefficient (Wildman–Crippen LogP) is -0.887. The van der Waals surface area contributed by atoms with Crippen molar-refractivity contribution in [2.24, 2.45) is 5.10 Å². The van der Waals surface area contributed by atoms with E-state index in [0.29, 0.717) is 5.82 Å². The Morgan fingerprint density at radius 3 is 2.58 bits per heavy atom. The van der Waals surface area contributed by atoms with E-state index in [1.165, 1.54) is 10.9 Å². The molecule has 0 saturated carbocycles. The van der Waals surface area contributed by atoms with Crippen LogP contribution in [0.1, 0.15) is 5.82 Å². The lowest BCUT2D eigenvalue weighted by Crippen LogP contribution is -2.05. The number of aromatic nitrogens is 8. The average Bonchev–Trinajstić information content (AvgIpc) is 3.06. The largest absolute Gasteiger partial charge is 0.365 e. The van der Waals surface area contributed by atoms with Crippen LogP contribution in [0.4, 0.5) is 5.95 Å². The highest BCUT2D eigenvalue weighted by molar-refractivity contribution is 5.75. The minimum Gasteiger partial charge on any atom is -0.365 e. The number of nitrogens with zero attached hydrogens (tertiary/aromatic N) is 9. The summed E-state index contributed by atoms with van der Waals surface area (Å²) in [5.41, 5.74) is 6.30. The zero-order valence-electron chi connectivity index (χ0n) is 9.57. The third-order valence-electron chi connectivity index (χ3n) is 2.25. The molecular formula is C9H8N10. The second-order valence-electron chi connectivity index (χ2n) is 3.46. The number of nitrogens with two attached hydrogens (primary N) is 1. The summed E-state index contributed by atoms with van der Waals surface area (Å²) in [4.78, 5) is 1.07. The van der Waals surface area contributed by atoms with Gasteiger partial charge in [-0.25, -0.2) is 0 Å². The fourth-order valence-electron chi connectivity index (χ4n) is 1.41. The topological polar surface area (TPSA) is 126 Å². The van der Waals surface area contributed by atoms with E-state index in [0.717, 1.165) is 10.5 Å². The number of para-hydroxylation sites is 1. The minimum atomic E-state index is 0.0787. The van der Waals surface area contributed by atoms with Gasteiger partial charge in [0.05, 0.1) is 11.9 Å². The smallest absolute Gasteiger partial charge is 0.263 e. The van der Waals surface area contributed by atoms with Gasteiger partial charge in [0.1, 0.15) is 0 Å². The summed E-state index contributed by atoms with van der Waals surface area (Å²) in [5, 5.41) is 25.7. The van der Waals surface area contributed by atoms with Crippen molar-refractivity contribution in [2.75, 3.05) is 5.73 Å². The Labute approximate surface area is 106 Å². The van der Waals surface area contributed by atoms with Crippen molar-refractivity contribution in [1.82, 2.24) is 40.5 Å². The van der Waals surface area contributed by atoms with E-state index in [1.807, 2.05) is 30.3 Å². The van der Waals surface area contributed by atoms with E-state index in [2.05, 4.69) is 36.2 Å². The highest BCUT2D eigenvalue weighted by atomic mass is 15.7. The van der Waals surface area contributed by atoms with Gasteiger partial charge in [0.25, 0.3) is 5.95 Å². The van der Waals surface area contributed by atoms with E-state index in [9.17, 15) is 0 Å². The monoisotopic (exact) mass is 256 g/mol. The molecule has 19 heavy (non-hydrogen) atoms. The zero-order chi connectivity index (χ0) is 13.1. The van der Waals surface area contributed by atoms with Gasteiger partial charge in [-0.1, -0.05) is 28.1 Å². The molecule has 2 heterocycles. The van der Waals surface area contributed by atoms with Crippen LogP contribution in [0.5, 0.6) is 0 Å². The maximum absolute atomic E-state index is 5.48. The number of nitrogen functional groups attached to an aromatic ring is 1. The van der Waals surface area contributed by atoms with Crippen LogP contribution >= 0.6 is 0 Å². The SMILES string of the molecule is Nc1nnnn1/N=C/c1nnnn1-c1ccccc1. The van der Waals surface area contributed by atoms with Gasteiger partial charge in [-0.2, -0.15) is 4.68 Å². The second kappa shape index (κ2) is 4.60. The standard InChI is InChI=1S/C9H8N10/c10-9-13-15-17-19(9)11-6-8-12-14-16-18(8)7-4-2-1-3-5-7/h1-6H,(H2,10,13,17)/b11-6+. The Bertz CT molecular complexity index is 697. The molecule has 94 valence electrons. The highest BCUT2D eigenvalue weighted by Gasteiger charge is 2.05. The number of anilines is 1. The molecule has 2 N–H and O–H groups in total. The molecule has 0 saturated heterocycles. The fourth-order valence-corrected chi connectivity index (χ4v) is 1.41. The molecule has 0 bridgehead atoms. The van der Waals surface area contributed by atoms with Crippen LogP contribution in [0, 0.1) is 0 Å². The third kappa shape index (κ3) is 2.13. The van der Waals surface area contributed by atoms with Crippen LogP contribution in [0.3, 0.4) is 0 Å². The molecule has 2 aromatic heterocycles. The predicted molar refractivity (Wildman–Crippen MR) is 64.4 cm³/mol. The summed E-state index contributed by atoms with van der Waals surface area (Å²) >= 11 is 0. The molecule has 3 aromatic rings. The number of rotatable bonds is 3. The molecule has 0 spiro atoms. The molecule has 0 amide bonds. The molecule has 0 radical (unpaired) electrons. The second-order valence-corrected chi connectivity index (χ2v) is 3.46. The van der Waals surface area contributed by atoms with Crippen LogP contribution in [-0.4, -0.2) is 46.7 Å². The fraction of sp³-hybridized carbons (Fsp3) is 0. The van der Waals surface area contributed by atoms with E-state index < -0.39 is 0 Å².